The van der Waals surface area contributed by atoms with E-state index < -0.39 is 0 Å². The molecule has 0 atom stereocenters. The van der Waals surface area contributed by atoms with E-state index in [2.05, 4.69) is 9.55 Å². The van der Waals surface area contributed by atoms with E-state index in [1.807, 2.05) is 36.5 Å². The lowest BCUT2D eigenvalue weighted by Gasteiger charge is -2.09. The molecule has 106 valence electrons. The van der Waals surface area contributed by atoms with Gasteiger partial charge in [0.1, 0.15) is 17.1 Å². The first-order chi connectivity index (χ1) is 10.3. The maximum absolute atomic E-state index is 6.03. The zero-order chi connectivity index (χ0) is 14.4. The number of imidazole rings is 1. The third kappa shape index (κ3) is 1.93. The molecule has 0 amide bonds. The fourth-order valence-electron chi connectivity index (χ4n) is 2.69. The zero-order valence-corrected chi connectivity index (χ0v) is 11.8. The van der Waals surface area contributed by atoms with E-state index >= 15 is 0 Å². The predicted octanol–water partition coefficient (Wildman–Crippen LogP) is 3.02. The van der Waals surface area contributed by atoms with Gasteiger partial charge in [0.25, 0.3) is 0 Å². The normalized spacial score (nSPS) is 14.5. The van der Waals surface area contributed by atoms with Crippen molar-refractivity contribution in [3.63, 3.8) is 0 Å². The van der Waals surface area contributed by atoms with E-state index in [1.54, 1.807) is 7.11 Å². The van der Waals surface area contributed by atoms with Crippen LogP contribution in [0.15, 0.2) is 36.5 Å². The minimum absolute atomic E-state index is 0.503. The fourth-order valence-corrected chi connectivity index (χ4v) is 2.69. The second-order valence-electron chi connectivity index (χ2n) is 5.34. The Morgan fingerprint density at radius 3 is 2.86 bits per heavy atom. The number of benzene rings is 1. The summed E-state index contributed by atoms with van der Waals surface area (Å²) >= 11 is 0. The summed E-state index contributed by atoms with van der Waals surface area (Å²) < 4.78 is 7.45. The number of rotatable bonds is 3. The van der Waals surface area contributed by atoms with Crippen molar-refractivity contribution in [3.8, 4) is 17.1 Å². The van der Waals surface area contributed by atoms with E-state index in [0.29, 0.717) is 17.5 Å². The van der Waals surface area contributed by atoms with E-state index in [1.165, 1.54) is 12.8 Å². The highest BCUT2D eigenvalue weighted by molar-refractivity contribution is 5.78. The van der Waals surface area contributed by atoms with Crippen LogP contribution in [0.4, 0.5) is 5.69 Å². The molecule has 0 radical (unpaired) electrons. The largest absolute Gasteiger partial charge is 0.495 e. The number of hydrogen-bond donors (Lipinski definition) is 1. The summed E-state index contributed by atoms with van der Waals surface area (Å²) in [7, 11) is 1.62. The molecule has 21 heavy (non-hydrogen) atoms. The first-order valence-corrected chi connectivity index (χ1v) is 7.05. The van der Waals surface area contributed by atoms with Gasteiger partial charge >= 0.3 is 0 Å². The molecular weight excluding hydrogens is 264 g/mol. The zero-order valence-electron chi connectivity index (χ0n) is 11.8. The molecular formula is C16H16N4O. The molecule has 0 aliphatic heterocycles. The van der Waals surface area contributed by atoms with Gasteiger partial charge in [0.15, 0.2) is 5.65 Å². The number of anilines is 1. The highest BCUT2D eigenvalue weighted by Gasteiger charge is 2.29. The van der Waals surface area contributed by atoms with Crippen LogP contribution in [0.5, 0.6) is 5.75 Å². The minimum atomic E-state index is 0.503. The lowest BCUT2D eigenvalue weighted by Crippen LogP contribution is -1.99. The summed E-state index contributed by atoms with van der Waals surface area (Å²) in [6.45, 7) is 0. The number of nitrogens with two attached hydrogens (primary N) is 1. The third-order valence-corrected chi connectivity index (χ3v) is 3.85. The molecule has 2 aromatic heterocycles. The minimum Gasteiger partial charge on any atom is -0.495 e. The molecule has 1 aliphatic rings. The Bertz CT molecular complexity index is 820. The Hall–Kier alpha value is -2.56. The molecule has 1 aliphatic carbocycles. The van der Waals surface area contributed by atoms with Gasteiger partial charge in [-0.3, -0.25) is 0 Å². The summed E-state index contributed by atoms with van der Waals surface area (Å²) in [5.41, 5.74) is 9.52. The van der Waals surface area contributed by atoms with Crippen molar-refractivity contribution in [1.82, 2.24) is 14.5 Å². The van der Waals surface area contributed by atoms with Crippen molar-refractivity contribution in [1.29, 1.82) is 0 Å². The third-order valence-electron chi connectivity index (χ3n) is 3.85. The Balaban J connectivity index is 1.93. The average molecular weight is 280 g/mol. The number of hydrogen-bond acceptors (Lipinski definition) is 4. The van der Waals surface area contributed by atoms with Gasteiger partial charge in [-0.25, -0.2) is 9.97 Å². The van der Waals surface area contributed by atoms with Crippen LogP contribution in [0.25, 0.3) is 22.6 Å². The van der Waals surface area contributed by atoms with Gasteiger partial charge in [-0.2, -0.15) is 0 Å². The number of pyridine rings is 1. The van der Waals surface area contributed by atoms with Crippen LogP contribution in [0, 0.1) is 0 Å². The summed E-state index contributed by atoms with van der Waals surface area (Å²) in [5, 5.41) is 0. The van der Waals surface area contributed by atoms with Crippen LogP contribution in [0.1, 0.15) is 18.9 Å². The lowest BCUT2D eigenvalue weighted by atomic mass is 10.1. The average Bonchev–Trinajstić information content (AvgIpc) is 3.27. The second-order valence-corrected chi connectivity index (χ2v) is 5.34. The van der Waals surface area contributed by atoms with Crippen LogP contribution in [0.3, 0.4) is 0 Å². The van der Waals surface area contributed by atoms with Crippen molar-refractivity contribution in [3.05, 3.63) is 36.5 Å². The van der Waals surface area contributed by atoms with Gasteiger partial charge in [0.2, 0.25) is 0 Å². The van der Waals surface area contributed by atoms with Crippen molar-refractivity contribution in [2.24, 2.45) is 0 Å². The maximum Gasteiger partial charge on any atom is 0.160 e. The molecule has 0 spiro atoms. The van der Waals surface area contributed by atoms with Crippen molar-refractivity contribution >= 4 is 16.9 Å². The van der Waals surface area contributed by atoms with Gasteiger partial charge < -0.3 is 15.0 Å². The van der Waals surface area contributed by atoms with Gasteiger partial charge in [-0.05, 0) is 43.2 Å². The Labute approximate surface area is 122 Å². The standard InChI is InChI=1S/C16H16N4O/c1-21-14-7-4-10(9-12(14)17)15-19-13-3-2-8-18-16(13)20(15)11-5-6-11/h2-4,7-9,11H,5-6,17H2,1H3. The number of nitrogen functional groups attached to an aromatic ring is 1. The molecule has 1 fully saturated rings. The van der Waals surface area contributed by atoms with Crippen molar-refractivity contribution < 1.29 is 4.74 Å². The molecule has 1 saturated carbocycles. The van der Waals surface area contributed by atoms with Crippen molar-refractivity contribution in [2.45, 2.75) is 18.9 Å². The van der Waals surface area contributed by atoms with Gasteiger partial charge in [-0.15, -0.1) is 0 Å². The van der Waals surface area contributed by atoms with E-state index in [0.717, 1.165) is 22.6 Å². The molecule has 2 heterocycles. The summed E-state index contributed by atoms with van der Waals surface area (Å²) in [6.07, 6.45) is 4.18. The Morgan fingerprint density at radius 1 is 1.29 bits per heavy atom. The molecule has 4 rings (SSSR count). The van der Waals surface area contributed by atoms with Gasteiger partial charge in [-0.1, -0.05) is 0 Å². The Morgan fingerprint density at radius 2 is 2.14 bits per heavy atom. The number of fused-ring (bicyclic) bond motifs is 1. The highest BCUT2D eigenvalue weighted by atomic mass is 16.5. The molecule has 2 N–H and O–H groups in total. The van der Waals surface area contributed by atoms with Gasteiger partial charge in [0, 0.05) is 17.8 Å². The summed E-state index contributed by atoms with van der Waals surface area (Å²) in [5.74, 6) is 1.62. The van der Waals surface area contributed by atoms with Crippen LogP contribution >= 0.6 is 0 Å². The van der Waals surface area contributed by atoms with Crippen LogP contribution < -0.4 is 10.5 Å². The quantitative estimate of drug-likeness (QED) is 0.749. The number of nitrogens with zero attached hydrogens (tertiary/aromatic N) is 3. The van der Waals surface area contributed by atoms with Gasteiger partial charge in [0.05, 0.1) is 12.8 Å². The summed E-state index contributed by atoms with van der Waals surface area (Å²) in [6, 6.07) is 10.2. The van der Waals surface area contributed by atoms with E-state index in [4.69, 9.17) is 15.5 Å². The first kappa shape index (κ1) is 12.2. The number of methoxy groups -OCH3 is 1. The number of aromatic nitrogens is 3. The molecule has 5 nitrogen and oxygen atoms in total. The summed E-state index contributed by atoms with van der Waals surface area (Å²) in [4.78, 5) is 9.23. The molecule has 0 bridgehead atoms. The molecule has 0 saturated heterocycles. The van der Waals surface area contributed by atoms with Crippen molar-refractivity contribution in [2.75, 3.05) is 12.8 Å². The number of ether oxygens (including phenoxy) is 1. The van der Waals surface area contributed by atoms with Crippen LogP contribution in [-0.4, -0.2) is 21.6 Å². The van der Waals surface area contributed by atoms with E-state index in [9.17, 15) is 0 Å². The predicted molar refractivity (Wildman–Crippen MR) is 82.2 cm³/mol. The molecule has 3 aromatic rings. The fraction of sp³-hybridized carbons (Fsp3) is 0.250. The Kier molecular flexibility index (Phi) is 2.60. The molecule has 0 unspecified atom stereocenters. The smallest absolute Gasteiger partial charge is 0.160 e. The maximum atomic E-state index is 6.03. The van der Waals surface area contributed by atoms with E-state index in [-0.39, 0.29) is 0 Å². The molecule has 5 heteroatoms. The van der Waals surface area contributed by atoms with Crippen LogP contribution in [0.2, 0.25) is 0 Å². The molecule has 1 aromatic carbocycles. The topological polar surface area (TPSA) is 66.0 Å². The second kappa shape index (κ2) is 4.48. The highest BCUT2D eigenvalue weighted by Crippen LogP contribution is 2.41. The lowest BCUT2D eigenvalue weighted by molar-refractivity contribution is 0.417. The SMILES string of the molecule is COc1ccc(-c2nc3cccnc3n2C2CC2)cc1N. The monoisotopic (exact) mass is 280 g/mol. The van der Waals surface area contributed by atoms with Crippen LogP contribution in [-0.2, 0) is 0 Å². The first-order valence-electron chi connectivity index (χ1n) is 7.05.